The van der Waals surface area contributed by atoms with Gasteiger partial charge in [-0.3, -0.25) is 0 Å². The van der Waals surface area contributed by atoms with E-state index in [2.05, 4.69) is 15.9 Å². The quantitative estimate of drug-likeness (QED) is 0.722. The third kappa shape index (κ3) is 4.10. The third-order valence-corrected chi connectivity index (χ3v) is 6.70. The molecule has 26 heavy (non-hydrogen) atoms. The van der Waals surface area contributed by atoms with Crippen molar-refractivity contribution in [1.29, 1.82) is 0 Å². The summed E-state index contributed by atoms with van der Waals surface area (Å²) < 4.78 is 28.3. The smallest absolute Gasteiger partial charge is 0.324 e. The zero-order valence-corrected chi connectivity index (χ0v) is 17.0. The van der Waals surface area contributed by atoms with Gasteiger partial charge in [0.05, 0.1) is 11.4 Å². The number of rotatable bonds is 4. The normalized spacial score (nSPS) is 14.5. The Bertz CT molecular complexity index is 874. The summed E-state index contributed by atoms with van der Waals surface area (Å²) in [6.45, 7) is 3.10. The number of carbonyl (C=O) groups excluding carboxylic acids is 1. The molecule has 1 aliphatic heterocycles. The highest BCUT2D eigenvalue weighted by molar-refractivity contribution is 9.10. The van der Waals surface area contributed by atoms with Crippen LogP contribution < -0.4 is 0 Å². The molecule has 0 unspecified atom stereocenters. The molecule has 1 saturated heterocycles. The molecule has 1 aliphatic rings. The van der Waals surface area contributed by atoms with E-state index in [1.807, 2.05) is 31.2 Å². The topological polar surface area (TPSA) is 57.7 Å². The Balaban J connectivity index is 1.96. The van der Waals surface area contributed by atoms with Crippen molar-refractivity contribution >= 4 is 32.0 Å². The van der Waals surface area contributed by atoms with Crippen molar-refractivity contribution < 1.29 is 13.2 Å². The fraction of sp³-hybridized carbons (Fsp3) is 0.316. The van der Waals surface area contributed by atoms with Crippen LogP contribution in [0.15, 0.2) is 57.9 Å². The molecule has 7 heteroatoms. The minimum Gasteiger partial charge on any atom is -0.324 e. The van der Waals surface area contributed by atoms with Crippen LogP contribution in [0.1, 0.15) is 24.0 Å². The fourth-order valence-electron chi connectivity index (χ4n) is 2.91. The second-order valence-corrected chi connectivity index (χ2v) is 9.21. The number of urea groups is 1. The van der Waals surface area contributed by atoms with Crippen molar-refractivity contribution in [3.05, 3.63) is 64.1 Å². The van der Waals surface area contributed by atoms with Gasteiger partial charge in [0.25, 0.3) is 10.0 Å². The maximum absolute atomic E-state index is 13.2. The molecule has 5 nitrogen and oxygen atoms in total. The van der Waals surface area contributed by atoms with Gasteiger partial charge in [-0.15, -0.1) is 0 Å². The monoisotopic (exact) mass is 436 g/mol. The van der Waals surface area contributed by atoms with Crippen LogP contribution in [-0.2, 0) is 16.6 Å². The van der Waals surface area contributed by atoms with Gasteiger partial charge in [-0.25, -0.2) is 17.5 Å². The largest absolute Gasteiger partial charge is 0.334 e. The SMILES string of the molecule is Cc1ccc(S(=O)(=O)N(Cc2ccc(Br)cc2)C(=O)N2CCCC2)cc1. The third-order valence-electron chi connectivity index (χ3n) is 4.44. The second-order valence-electron chi connectivity index (χ2n) is 6.43. The number of likely N-dealkylation sites (tertiary alicyclic amines) is 1. The molecule has 0 N–H and O–H groups in total. The molecule has 3 rings (SSSR count). The standard InChI is InChI=1S/C19H21BrN2O3S/c1-15-4-10-18(11-5-15)26(24,25)22(19(23)21-12-2-3-13-21)14-16-6-8-17(20)9-7-16/h4-11H,2-3,12-14H2,1H3. The van der Waals surface area contributed by atoms with Crippen LogP contribution >= 0.6 is 15.9 Å². The fourth-order valence-corrected chi connectivity index (χ4v) is 4.55. The van der Waals surface area contributed by atoms with Gasteiger partial charge in [0.15, 0.2) is 0 Å². The first-order chi connectivity index (χ1) is 12.4. The Morgan fingerprint density at radius 3 is 2.19 bits per heavy atom. The van der Waals surface area contributed by atoms with Crippen molar-refractivity contribution in [1.82, 2.24) is 9.21 Å². The molecule has 2 amide bonds. The summed E-state index contributed by atoms with van der Waals surface area (Å²) in [7, 11) is -3.93. The van der Waals surface area contributed by atoms with E-state index in [0.29, 0.717) is 13.1 Å². The number of sulfonamides is 1. The highest BCUT2D eigenvalue weighted by Gasteiger charge is 2.33. The summed E-state index contributed by atoms with van der Waals surface area (Å²) in [6.07, 6.45) is 1.81. The summed E-state index contributed by atoms with van der Waals surface area (Å²) >= 11 is 3.37. The van der Waals surface area contributed by atoms with E-state index in [1.165, 1.54) is 0 Å². The lowest BCUT2D eigenvalue weighted by atomic mass is 10.2. The number of carbonyl (C=O) groups is 1. The summed E-state index contributed by atoms with van der Waals surface area (Å²) in [5.74, 6) is 0. The van der Waals surface area contributed by atoms with Gasteiger partial charge in [0, 0.05) is 17.6 Å². The summed E-state index contributed by atoms with van der Waals surface area (Å²) in [5.41, 5.74) is 1.73. The molecule has 0 saturated carbocycles. The molecule has 0 aromatic heterocycles. The van der Waals surface area contributed by atoms with Crippen molar-refractivity contribution in [2.45, 2.75) is 31.2 Å². The van der Waals surface area contributed by atoms with Crippen LogP contribution in [0.25, 0.3) is 0 Å². The maximum Gasteiger partial charge on any atom is 0.334 e. The molecule has 0 spiro atoms. The number of amides is 2. The Hall–Kier alpha value is -1.86. The van der Waals surface area contributed by atoms with E-state index < -0.39 is 16.1 Å². The average molecular weight is 437 g/mol. The number of hydrogen-bond acceptors (Lipinski definition) is 3. The zero-order chi connectivity index (χ0) is 18.7. The highest BCUT2D eigenvalue weighted by atomic mass is 79.9. The summed E-state index contributed by atoms with van der Waals surface area (Å²) in [6, 6.07) is 13.4. The van der Waals surface area contributed by atoms with Gasteiger partial charge in [-0.05, 0) is 49.6 Å². The predicted molar refractivity (Wildman–Crippen MR) is 104 cm³/mol. The predicted octanol–water partition coefficient (Wildman–Crippen LogP) is 4.16. The zero-order valence-electron chi connectivity index (χ0n) is 14.6. The molecule has 0 bridgehead atoms. The first kappa shape index (κ1) is 18.9. The minimum atomic E-state index is -3.93. The Morgan fingerprint density at radius 2 is 1.62 bits per heavy atom. The van der Waals surface area contributed by atoms with Gasteiger partial charge in [0.1, 0.15) is 0 Å². The van der Waals surface area contributed by atoms with Gasteiger partial charge < -0.3 is 4.90 Å². The molecule has 0 atom stereocenters. The van der Waals surface area contributed by atoms with E-state index >= 15 is 0 Å². The first-order valence-corrected chi connectivity index (χ1v) is 10.7. The van der Waals surface area contributed by atoms with Gasteiger partial charge in [-0.2, -0.15) is 0 Å². The van der Waals surface area contributed by atoms with Crippen LogP contribution in [0, 0.1) is 6.92 Å². The molecule has 0 radical (unpaired) electrons. The second kappa shape index (κ2) is 7.80. The highest BCUT2D eigenvalue weighted by Crippen LogP contribution is 2.23. The minimum absolute atomic E-state index is 0.0127. The molecular weight excluding hydrogens is 416 g/mol. The van der Waals surface area contributed by atoms with E-state index in [1.54, 1.807) is 29.2 Å². The van der Waals surface area contributed by atoms with Crippen molar-refractivity contribution in [3.8, 4) is 0 Å². The van der Waals surface area contributed by atoms with E-state index in [-0.39, 0.29) is 11.4 Å². The molecular formula is C19H21BrN2O3S. The maximum atomic E-state index is 13.2. The average Bonchev–Trinajstić information content (AvgIpc) is 3.15. The van der Waals surface area contributed by atoms with Crippen molar-refractivity contribution in [2.75, 3.05) is 13.1 Å². The molecule has 2 aromatic carbocycles. The van der Waals surface area contributed by atoms with Crippen LogP contribution in [0.3, 0.4) is 0 Å². The van der Waals surface area contributed by atoms with Gasteiger partial charge >= 0.3 is 6.03 Å². The van der Waals surface area contributed by atoms with E-state index in [4.69, 9.17) is 0 Å². The lowest BCUT2D eigenvalue weighted by Gasteiger charge is -2.27. The van der Waals surface area contributed by atoms with Crippen LogP contribution in [0.4, 0.5) is 4.79 Å². The molecule has 1 heterocycles. The van der Waals surface area contributed by atoms with Crippen LogP contribution in [-0.4, -0.2) is 36.7 Å². The number of benzene rings is 2. The van der Waals surface area contributed by atoms with Crippen LogP contribution in [0.2, 0.25) is 0 Å². The number of nitrogens with zero attached hydrogens (tertiary/aromatic N) is 2. The number of aryl methyl sites for hydroxylation is 1. The van der Waals surface area contributed by atoms with E-state index in [9.17, 15) is 13.2 Å². The molecule has 138 valence electrons. The molecule has 2 aromatic rings. The Morgan fingerprint density at radius 1 is 1.04 bits per heavy atom. The first-order valence-electron chi connectivity index (χ1n) is 8.51. The summed E-state index contributed by atoms with van der Waals surface area (Å²) in [4.78, 5) is 14.7. The summed E-state index contributed by atoms with van der Waals surface area (Å²) in [5, 5.41) is 0. The number of halogens is 1. The van der Waals surface area contributed by atoms with Crippen LogP contribution in [0.5, 0.6) is 0 Å². The lowest BCUT2D eigenvalue weighted by molar-refractivity contribution is 0.187. The van der Waals surface area contributed by atoms with E-state index in [0.717, 1.165) is 32.7 Å². The van der Waals surface area contributed by atoms with Crippen molar-refractivity contribution in [3.63, 3.8) is 0 Å². The Kier molecular flexibility index (Phi) is 5.67. The Labute approximate surface area is 162 Å². The molecule has 1 fully saturated rings. The van der Waals surface area contributed by atoms with Crippen molar-refractivity contribution in [2.24, 2.45) is 0 Å². The lowest BCUT2D eigenvalue weighted by Crippen LogP contribution is -2.44. The molecule has 0 aliphatic carbocycles. The number of hydrogen-bond donors (Lipinski definition) is 0. The van der Waals surface area contributed by atoms with Gasteiger partial charge in [-0.1, -0.05) is 45.8 Å². The van der Waals surface area contributed by atoms with Gasteiger partial charge in [0.2, 0.25) is 0 Å².